The van der Waals surface area contributed by atoms with Crippen LogP contribution >= 0.6 is 0 Å². The molecule has 0 bridgehead atoms. The lowest BCUT2D eigenvalue weighted by Gasteiger charge is -2.35. The van der Waals surface area contributed by atoms with Crippen LogP contribution in [0.25, 0.3) is 0 Å². The van der Waals surface area contributed by atoms with E-state index in [1.165, 1.54) is 25.8 Å². The molecule has 0 aromatic rings. The Morgan fingerprint density at radius 3 is 2.57 bits per heavy atom. The zero-order valence-corrected chi connectivity index (χ0v) is 10.2. The molecule has 0 aromatic heterocycles. The summed E-state index contributed by atoms with van der Waals surface area (Å²) in [6, 6.07) is 0.667. The maximum atomic E-state index is 3.68. The molecule has 0 aliphatic carbocycles. The molecule has 84 valence electrons. The average Bonchev–Trinajstić information content (AvgIpc) is 2.02. The van der Waals surface area contributed by atoms with E-state index in [1.807, 2.05) is 0 Å². The summed E-state index contributed by atoms with van der Waals surface area (Å²) in [7, 11) is 0. The minimum Gasteiger partial charge on any atom is -0.315 e. The Kier molecular flexibility index (Phi) is 4.39. The second-order valence-electron chi connectivity index (χ2n) is 5.64. The van der Waals surface area contributed by atoms with Gasteiger partial charge in [-0.05, 0) is 46.1 Å². The molecule has 14 heavy (non-hydrogen) atoms. The molecule has 1 aliphatic heterocycles. The third kappa shape index (κ3) is 4.43. The summed E-state index contributed by atoms with van der Waals surface area (Å²) in [5, 5.41) is 7.21. The maximum Gasteiger partial charge on any atom is 0.0200 e. The quantitative estimate of drug-likeness (QED) is 0.726. The summed E-state index contributed by atoms with van der Waals surface area (Å²) in [4.78, 5) is 0. The predicted octanol–water partition coefficient (Wildman–Crippen LogP) is 2.15. The Hall–Kier alpha value is -0.0800. The van der Waals surface area contributed by atoms with Crippen LogP contribution in [0.1, 0.15) is 47.0 Å². The first-order valence-corrected chi connectivity index (χ1v) is 5.99. The van der Waals surface area contributed by atoms with Gasteiger partial charge in [-0.2, -0.15) is 0 Å². The first-order chi connectivity index (χ1) is 6.51. The Labute approximate surface area is 88.8 Å². The van der Waals surface area contributed by atoms with Crippen molar-refractivity contribution in [2.45, 2.75) is 58.5 Å². The number of hydrogen-bond donors (Lipinski definition) is 2. The van der Waals surface area contributed by atoms with E-state index in [-0.39, 0.29) is 5.54 Å². The molecule has 0 aromatic carbocycles. The van der Waals surface area contributed by atoms with Crippen LogP contribution in [0.2, 0.25) is 0 Å². The molecule has 1 saturated heterocycles. The van der Waals surface area contributed by atoms with E-state index in [4.69, 9.17) is 0 Å². The molecule has 1 heterocycles. The van der Waals surface area contributed by atoms with Gasteiger partial charge in [0.1, 0.15) is 0 Å². The Morgan fingerprint density at radius 2 is 2.00 bits per heavy atom. The van der Waals surface area contributed by atoms with E-state index in [1.54, 1.807) is 0 Å². The highest BCUT2D eigenvalue weighted by Crippen LogP contribution is 2.17. The van der Waals surface area contributed by atoms with Gasteiger partial charge in [-0.25, -0.2) is 0 Å². The van der Waals surface area contributed by atoms with Crippen molar-refractivity contribution < 1.29 is 0 Å². The van der Waals surface area contributed by atoms with Crippen molar-refractivity contribution in [3.8, 4) is 0 Å². The van der Waals surface area contributed by atoms with E-state index < -0.39 is 0 Å². The summed E-state index contributed by atoms with van der Waals surface area (Å²) in [6.45, 7) is 11.4. The maximum absolute atomic E-state index is 3.68. The van der Waals surface area contributed by atoms with E-state index in [0.29, 0.717) is 6.04 Å². The van der Waals surface area contributed by atoms with Crippen molar-refractivity contribution >= 4 is 0 Å². The summed E-state index contributed by atoms with van der Waals surface area (Å²) >= 11 is 0. The van der Waals surface area contributed by atoms with Gasteiger partial charge < -0.3 is 10.6 Å². The lowest BCUT2D eigenvalue weighted by Crippen LogP contribution is -2.52. The zero-order chi connectivity index (χ0) is 10.6. The SMILES string of the molecule is CCCC1CNCC(NC(C)(C)C)C1. The standard InChI is InChI=1S/C12H26N2/c1-5-6-10-7-11(9-13-8-10)14-12(2,3)4/h10-11,13-14H,5-9H2,1-4H3. The third-order valence-corrected chi connectivity index (χ3v) is 2.78. The molecule has 2 heteroatoms. The highest BCUT2D eigenvalue weighted by Gasteiger charge is 2.23. The molecule has 1 fully saturated rings. The minimum atomic E-state index is 0.250. The molecule has 2 atom stereocenters. The van der Waals surface area contributed by atoms with Gasteiger partial charge in [0.2, 0.25) is 0 Å². The largest absolute Gasteiger partial charge is 0.315 e. The van der Waals surface area contributed by atoms with Crippen molar-refractivity contribution in [1.29, 1.82) is 0 Å². The van der Waals surface area contributed by atoms with Gasteiger partial charge in [-0.1, -0.05) is 13.3 Å². The summed E-state index contributed by atoms with van der Waals surface area (Å²) < 4.78 is 0. The zero-order valence-electron chi connectivity index (χ0n) is 10.2. The van der Waals surface area contributed by atoms with Gasteiger partial charge >= 0.3 is 0 Å². The number of nitrogens with one attached hydrogen (secondary N) is 2. The molecule has 0 saturated carbocycles. The van der Waals surface area contributed by atoms with Crippen molar-refractivity contribution in [3.63, 3.8) is 0 Å². The smallest absolute Gasteiger partial charge is 0.0200 e. The Morgan fingerprint density at radius 1 is 1.29 bits per heavy atom. The summed E-state index contributed by atoms with van der Waals surface area (Å²) in [5.74, 6) is 0.883. The second-order valence-corrected chi connectivity index (χ2v) is 5.64. The lowest BCUT2D eigenvalue weighted by atomic mass is 9.90. The van der Waals surface area contributed by atoms with Crippen molar-refractivity contribution in [1.82, 2.24) is 10.6 Å². The number of piperidine rings is 1. The van der Waals surface area contributed by atoms with Crippen LogP contribution in [-0.4, -0.2) is 24.7 Å². The molecular formula is C12H26N2. The molecule has 0 spiro atoms. The van der Waals surface area contributed by atoms with Crippen LogP contribution < -0.4 is 10.6 Å². The molecule has 2 unspecified atom stereocenters. The minimum absolute atomic E-state index is 0.250. The van der Waals surface area contributed by atoms with E-state index >= 15 is 0 Å². The van der Waals surface area contributed by atoms with Crippen LogP contribution in [0, 0.1) is 5.92 Å². The van der Waals surface area contributed by atoms with Crippen molar-refractivity contribution in [2.24, 2.45) is 5.92 Å². The van der Waals surface area contributed by atoms with Crippen molar-refractivity contribution in [3.05, 3.63) is 0 Å². The number of rotatable bonds is 3. The van der Waals surface area contributed by atoms with Crippen LogP contribution in [0.15, 0.2) is 0 Å². The second kappa shape index (κ2) is 5.13. The number of hydrogen-bond acceptors (Lipinski definition) is 2. The van der Waals surface area contributed by atoms with Crippen LogP contribution in [-0.2, 0) is 0 Å². The van der Waals surface area contributed by atoms with E-state index in [2.05, 4.69) is 38.3 Å². The van der Waals surface area contributed by atoms with Crippen LogP contribution in [0.5, 0.6) is 0 Å². The Bertz CT molecular complexity index is 158. The van der Waals surface area contributed by atoms with Gasteiger partial charge in [-0.15, -0.1) is 0 Å². The molecule has 1 rings (SSSR count). The van der Waals surface area contributed by atoms with Gasteiger partial charge in [0.05, 0.1) is 0 Å². The van der Waals surface area contributed by atoms with Crippen LogP contribution in [0.4, 0.5) is 0 Å². The normalized spacial score (nSPS) is 29.1. The first kappa shape index (κ1) is 12.0. The summed E-state index contributed by atoms with van der Waals surface area (Å²) in [5.41, 5.74) is 0.250. The summed E-state index contributed by atoms with van der Waals surface area (Å²) in [6.07, 6.45) is 4.03. The monoisotopic (exact) mass is 198 g/mol. The van der Waals surface area contributed by atoms with Gasteiger partial charge in [0, 0.05) is 18.1 Å². The molecule has 0 amide bonds. The van der Waals surface area contributed by atoms with Crippen LogP contribution in [0.3, 0.4) is 0 Å². The Balaban J connectivity index is 2.32. The molecular weight excluding hydrogens is 172 g/mol. The van der Waals surface area contributed by atoms with E-state index in [0.717, 1.165) is 12.5 Å². The fourth-order valence-electron chi connectivity index (χ4n) is 2.38. The molecule has 2 N–H and O–H groups in total. The first-order valence-electron chi connectivity index (χ1n) is 5.99. The average molecular weight is 198 g/mol. The molecule has 2 nitrogen and oxygen atoms in total. The van der Waals surface area contributed by atoms with Gasteiger partial charge in [-0.3, -0.25) is 0 Å². The molecule has 0 radical (unpaired) electrons. The predicted molar refractivity (Wildman–Crippen MR) is 62.6 cm³/mol. The third-order valence-electron chi connectivity index (χ3n) is 2.78. The fourth-order valence-corrected chi connectivity index (χ4v) is 2.38. The highest BCUT2D eigenvalue weighted by atomic mass is 15.0. The topological polar surface area (TPSA) is 24.1 Å². The highest BCUT2D eigenvalue weighted by molar-refractivity contribution is 4.85. The van der Waals surface area contributed by atoms with Gasteiger partial charge in [0.25, 0.3) is 0 Å². The lowest BCUT2D eigenvalue weighted by molar-refractivity contribution is 0.249. The van der Waals surface area contributed by atoms with Gasteiger partial charge in [0.15, 0.2) is 0 Å². The van der Waals surface area contributed by atoms with E-state index in [9.17, 15) is 0 Å². The fraction of sp³-hybridized carbons (Fsp3) is 1.00. The molecule has 1 aliphatic rings. The van der Waals surface area contributed by atoms with Crippen molar-refractivity contribution in [2.75, 3.05) is 13.1 Å².